The molecule has 2 amide bonds. The van der Waals surface area contributed by atoms with Crippen molar-refractivity contribution >= 4 is 23.2 Å². The predicted molar refractivity (Wildman–Crippen MR) is 95.1 cm³/mol. The summed E-state index contributed by atoms with van der Waals surface area (Å²) in [5, 5.41) is 5.54. The van der Waals surface area contributed by atoms with E-state index in [0.29, 0.717) is 17.1 Å². The fourth-order valence-electron chi connectivity index (χ4n) is 2.48. The molecule has 0 saturated carbocycles. The molecule has 1 atom stereocenters. The van der Waals surface area contributed by atoms with E-state index in [-0.39, 0.29) is 24.8 Å². The molecule has 1 aliphatic rings. The van der Waals surface area contributed by atoms with Crippen LogP contribution in [0.4, 0.5) is 11.4 Å². The van der Waals surface area contributed by atoms with Gasteiger partial charge in [-0.2, -0.15) is 0 Å². The smallest absolute Gasteiger partial charge is 0.265 e. The van der Waals surface area contributed by atoms with Crippen molar-refractivity contribution in [3.05, 3.63) is 48.0 Å². The highest BCUT2D eigenvalue weighted by molar-refractivity contribution is 5.99. The molecule has 0 spiro atoms. The van der Waals surface area contributed by atoms with E-state index in [2.05, 4.69) is 10.6 Å². The normalized spacial score (nSPS) is 15.6. The van der Waals surface area contributed by atoms with Gasteiger partial charge in [-0.3, -0.25) is 9.59 Å². The van der Waals surface area contributed by atoms with Crippen LogP contribution in [-0.2, 0) is 9.59 Å². The topological polar surface area (TPSA) is 76.7 Å². The SMILES string of the molecule is Cc1cccc(OCCC(=O)Nc2ccc3c(c2)NC(=O)[C@H](C)O3)c1. The van der Waals surface area contributed by atoms with Gasteiger partial charge < -0.3 is 20.1 Å². The number of nitrogens with one attached hydrogen (secondary N) is 2. The molecule has 3 rings (SSSR count). The number of hydrogen-bond acceptors (Lipinski definition) is 4. The second-order valence-electron chi connectivity index (χ2n) is 5.92. The number of rotatable bonds is 5. The van der Waals surface area contributed by atoms with Crippen molar-refractivity contribution in [2.75, 3.05) is 17.2 Å². The van der Waals surface area contributed by atoms with Crippen molar-refractivity contribution in [3.8, 4) is 11.5 Å². The number of aryl methyl sites for hydroxylation is 1. The quantitative estimate of drug-likeness (QED) is 0.877. The van der Waals surface area contributed by atoms with E-state index in [1.54, 1.807) is 25.1 Å². The zero-order chi connectivity index (χ0) is 17.8. The number of benzene rings is 2. The molecule has 25 heavy (non-hydrogen) atoms. The average Bonchev–Trinajstić information content (AvgIpc) is 2.56. The van der Waals surface area contributed by atoms with Gasteiger partial charge in [0.05, 0.1) is 18.7 Å². The van der Waals surface area contributed by atoms with Gasteiger partial charge in [-0.25, -0.2) is 0 Å². The Labute approximate surface area is 146 Å². The van der Waals surface area contributed by atoms with Crippen molar-refractivity contribution in [2.45, 2.75) is 26.4 Å². The van der Waals surface area contributed by atoms with E-state index in [1.807, 2.05) is 31.2 Å². The molecule has 130 valence electrons. The number of amides is 2. The lowest BCUT2D eigenvalue weighted by Gasteiger charge is -2.23. The van der Waals surface area contributed by atoms with Crippen LogP contribution in [-0.4, -0.2) is 24.5 Å². The molecule has 1 aliphatic heterocycles. The maximum atomic E-state index is 12.0. The number of anilines is 2. The molecule has 0 saturated heterocycles. The van der Waals surface area contributed by atoms with Crippen LogP contribution < -0.4 is 20.1 Å². The highest BCUT2D eigenvalue weighted by Crippen LogP contribution is 2.32. The van der Waals surface area contributed by atoms with Crippen molar-refractivity contribution in [1.29, 1.82) is 0 Å². The first-order valence-electron chi connectivity index (χ1n) is 8.12. The number of fused-ring (bicyclic) bond motifs is 1. The zero-order valence-electron chi connectivity index (χ0n) is 14.2. The molecule has 1 heterocycles. The predicted octanol–water partition coefficient (Wildman–Crippen LogP) is 3.12. The number of carbonyl (C=O) groups excluding carboxylic acids is 2. The third-order valence-corrected chi connectivity index (χ3v) is 3.78. The lowest BCUT2D eigenvalue weighted by molar-refractivity contribution is -0.122. The van der Waals surface area contributed by atoms with Gasteiger partial charge in [0.1, 0.15) is 11.5 Å². The Morgan fingerprint density at radius 2 is 2.12 bits per heavy atom. The van der Waals surface area contributed by atoms with Crippen LogP contribution in [0.2, 0.25) is 0 Å². The van der Waals surface area contributed by atoms with Gasteiger partial charge in [-0.05, 0) is 49.7 Å². The lowest BCUT2D eigenvalue weighted by Crippen LogP contribution is -2.34. The first-order valence-corrected chi connectivity index (χ1v) is 8.12. The molecule has 6 nitrogen and oxygen atoms in total. The Morgan fingerprint density at radius 1 is 1.28 bits per heavy atom. The highest BCUT2D eigenvalue weighted by Gasteiger charge is 2.23. The Balaban J connectivity index is 1.53. The van der Waals surface area contributed by atoms with E-state index in [9.17, 15) is 9.59 Å². The summed E-state index contributed by atoms with van der Waals surface area (Å²) in [6, 6.07) is 12.8. The van der Waals surface area contributed by atoms with Gasteiger partial charge >= 0.3 is 0 Å². The molecule has 2 aromatic rings. The van der Waals surface area contributed by atoms with E-state index in [1.165, 1.54) is 0 Å². The number of hydrogen-bond donors (Lipinski definition) is 2. The molecule has 2 aromatic carbocycles. The Morgan fingerprint density at radius 3 is 2.92 bits per heavy atom. The van der Waals surface area contributed by atoms with Gasteiger partial charge in [0, 0.05) is 5.69 Å². The van der Waals surface area contributed by atoms with Crippen LogP contribution in [0.1, 0.15) is 18.9 Å². The molecule has 0 bridgehead atoms. The van der Waals surface area contributed by atoms with Gasteiger partial charge in [0.15, 0.2) is 6.10 Å². The van der Waals surface area contributed by atoms with E-state index >= 15 is 0 Å². The summed E-state index contributed by atoms with van der Waals surface area (Å²) in [7, 11) is 0. The fourth-order valence-corrected chi connectivity index (χ4v) is 2.48. The van der Waals surface area contributed by atoms with Crippen molar-refractivity contribution in [1.82, 2.24) is 0 Å². The minimum atomic E-state index is -0.522. The summed E-state index contributed by atoms with van der Waals surface area (Å²) in [4.78, 5) is 23.7. The second-order valence-corrected chi connectivity index (χ2v) is 5.92. The van der Waals surface area contributed by atoms with E-state index in [4.69, 9.17) is 9.47 Å². The Hall–Kier alpha value is -3.02. The summed E-state index contributed by atoms with van der Waals surface area (Å²) < 4.78 is 11.1. The summed E-state index contributed by atoms with van der Waals surface area (Å²) >= 11 is 0. The van der Waals surface area contributed by atoms with Gasteiger partial charge in [0.2, 0.25) is 5.91 Å². The molecule has 0 fully saturated rings. The van der Waals surface area contributed by atoms with Crippen LogP contribution in [0.5, 0.6) is 11.5 Å². The summed E-state index contributed by atoms with van der Waals surface area (Å²) in [6.07, 6.45) is -0.294. The van der Waals surface area contributed by atoms with Crippen LogP contribution in [0.25, 0.3) is 0 Å². The van der Waals surface area contributed by atoms with Crippen molar-refractivity contribution < 1.29 is 19.1 Å². The van der Waals surface area contributed by atoms with Crippen LogP contribution in [0, 0.1) is 6.92 Å². The van der Waals surface area contributed by atoms with Gasteiger partial charge in [0.25, 0.3) is 5.91 Å². The van der Waals surface area contributed by atoms with Crippen molar-refractivity contribution in [2.24, 2.45) is 0 Å². The molecule has 0 aromatic heterocycles. The fraction of sp³-hybridized carbons (Fsp3) is 0.263. The first kappa shape index (κ1) is 16.8. The average molecular weight is 340 g/mol. The Kier molecular flexibility index (Phi) is 4.88. The monoisotopic (exact) mass is 340 g/mol. The largest absolute Gasteiger partial charge is 0.493 e. The molecular weight excluding hydrogens is 320 g/mol. The standard InChI is InChI=1S/C19H20N2O4/c1-12-4-3-5-15(10-12)24-9-8-18(22)20-14-6-7-17-16(11-14)21-19(23)13(2)25-17/h3-7,10-11,13H,8-9H2,1-2H3,(H,20,22)(H,21,23)/t13-/m0/s1. The summed E-state index contributed by atoms with van der Waals surface area (Å²) in [6.45, 7) is 3.96. The summed E-state index contributed by atoms with van der Waals surface area (Å²) in [5.74, 6) is 0.968. The minimum absolute atomic E-state index is 0.163. The molecule has 6 heteroatoms. The molecular formula is C19H20N2O4. The molecule has 0 unspecified atom stereocenters. The van der Waals surface area contributed by atoms with E-state index in [0.717, 1.165) is 11.3 Å². The molecule has 0 radical (unpaired) electrons. The van der Waals surface area contributed by atoms with Crippen molar-refractivity contribution in [3.63, 3.8) is 0 Å². The first-order chi connectivity index (χ1) is 12.0. The van der Waals surface area contributed by atoms with Gasteiger partial charge in [-0.1, -0.05) is 12.1 Å². The minimum Gasteiger partial charge on any atom is -0.493 e. The molecule has 0 aliphatic carbocycles. The summed E-state index contributed by atoms with van der Waals surface area (Å²) in [5.41, 5.74) is 2.25. The zero-order valence-corrected chi connectivity index (χ0v) is 14.2. The van der Waals surface area contributed by atoms with Crippen LogP contribution in [0.3, 0.4) is 0 Å². The highest BCUT2D eigenvalue weighted by atomic mass is 16.5. The van der Waals surface area contributed by atoms with Gasteiger partial charge in [-0.15, -0.1) is 0 Å². The van der Waals surface area contributed by atoms with Crippen LogP contribution in [0.15, 0.2) is 42.5 Å². The maximum Gasteiger partial charge on any atom is 0.265 e. The lowest BCUT2D eigenvalue weighted by atomic mass is 10.2. The second kappa shape index (κ2) is 7.25. The maximum absolute atomic E-state index is 12.0. The number of ether oxygens (including phenoxy) is 2. The van der Waals surface area contributed by atoms with E-state index < -0.39 is 6.10 Å². The molecule has 2 N–H and O–H groups in total. The van der Waals surface area contributed by atoms with Crippen LogP contribution >= 0.6 is 0 Å². The third-order valence-electron chi connectivity index (χ3n) is 3.78. The number of carbonyl (C=O) groups is 2. The third kappa shape index (κ3) is 4.29. The Bertz CT molecular complexity index is 804.